The van der Waals surface area contributed by atoms with Gasteiger partial charge < -0.3 is 15.0 Å². The molecule has 234 valence electrons. The van der Waals surface area contributed by atoms with Crippen LogP contribution in [0.5, 0.6) is 0 Å². The molecule has 1 atom stereocenters. The molecule has 0 bridgehead atoms. The molecular formula is C32H55N3O6. The molecule has 0 aromatic carbocycles. The number of imide groups is 1. The van der Waals surface area contributed by atoms with Gasteiger partial charge in [0.05, 0.1) is 25.0 Å². The molecule has 2 fully saturated rings. The predicted octanol–water partition coefficient (Wildman–Crippen LogP) is 4.23. The van der Waals surface area contributed by atoms with Gasteiger partial charge in [0.25, 0.3) is 0 Å². The Morgan fingerprint density at radius 2 is 1.56 bits per heavy atom. The van der Waals surface area contributed by atoms with Crippen LogP contribution in [-0.2, 0) is 28.7 Å². The van der Waals surface area contributed by atoms with E-state index in [-0.39, 0.29) is 83.3 Å². The van der Waals surface area contributed by atoms with Crippen molar-refractivity contribution in [2.24, 2.45) is 34.5 Å². The first kappa shape index (κ1) is 34.9. The molecule has 0 saturated carbocycles. The Bertz CT molecular complexity index is 932. The fraction of sp³-hybridized carbons (Fsp3) is 0.844. The quantitative estimate of drug-likeness (QED) is 0.244. The van der Waals surface area contributed by atoms with Crippen molar-refractivity contribution in [2.75, 3.05) is 39.4 Å². The molecule has 2 rings (SSSR count). The third-order valence-electron chi connectivity index (χ3n) is 8.31. The van der Waals surface area contributed by atoms with Crippen molar-refractivity contribution in [1.82, 2.24) is 15.1 Å². The van der Waals surface area contributed by atoms with Gasteiger partial charge >= 0.3 is 0 Å². The molecule has 0 aromatic heterocycles. The smallest absolute Gasteiger partial charge is 0.233 e. The van der Waals surface area contributed by atoms with E-state index in [1.165, 1.54) is 4.90 Å². The van der Waals surface area contributed by atoms with Crippen LogP contribution in [0.3, 0.4) is 0 Å². The first-order chi connectivity index (χ1) is 19.1. The van der Waals surface area contributed by atoms with Crippen molar-refractivity contribution in [3.05, 3.63) is 0 Å². The molecule has 2 saturated heterocycles. The Morgan fingerprint density at radius 3 is 2.12 bits per heavy atom. The van der Waals surface area contributed by atoms with Gasteiger partial charge in [0.15, 0.2) is 0 Å². The van der Waals surface area contributed by atoms with Crippen molar-refractivity contribution in [1.29, 1.82) is 0 Å². The van der Waals surface area contributed by atoms with Crippen LogP contribution in [0.15, 0.2) is 0 Å². The average Bonchev–Trinajstić information content (AvgIpc) is 3.12. The summed E-state index contributed by atoms with van der Waals surface area (Å²) in [6.45, 7) is 18.3. The van der Waals surface area contributed by atoms with Gasteiger partial charge in [-0.25, -0.2) is 0 Å². The van der Waals surface area contributed by atoms with E-state index in [0.717, 1.165) is 25.7 Å². The van der Waals surface area contributed by atoms with Crippen molar-refractivity contribution in [2.45, 2.75) is 100 Å². The van der Waals surface area contributed by atoms with Gasteiger partial charge in [0.2, 0.25) is 23.6 Å². The molecule has 2 aliphatic rings. The zero-order valence-corrected chi connectivity index (χ0v) is 26.8. The topological polar surface area (TPSA) is 113 Å². The molecule has 41 heavy (non-hydrogen) atoms. The van der Waals surface area contributed by atoms with Gasteiger partial charge in [0, 0.05) is 56.8 Å². The maximum atomic E-state index is 12.9. The van der Waals surface area contributed by atoms with Crippen LogP contribution in [0.1, 0.15) is 100 Å². The highest BCUT2D eigenvalue weighted by molar-refractivity contribution is 6.04. The third kappa shape index (κ3) is 10.5. The molecule has 0 spiro atoms. The Kier molecular flexibility index (Phi) is 13.0. The maximum Gasteiger partial charge on any atom is 0.233 e. The van der Waals surface area contributed by atoms with Crippen molar-refractivity contribution in [3.63, 3.8) is 0 Å². The lowest BCUT2D eigenvalue weighted by atomic mass is 9.84. The monoisotopic (exact) mass is 577 g/mol. The number of nitrogens with zero attached hydrogens (tertiary/aromatic N) is 2. The van der Waals surface area contributed by atoms with E-state index in [2.05, 4.69) is 19.2 Å². The van der Waals surface area contributed by atoms with Crippen LogP contribution in [0.4, 0.5) is 0 Å². The number of carbonyl (C=O) groups excluding carboxylic acids is 5. The number of likely N-dealkylation sites (tertiary alicyclic amines) is 2. The molecule has 2 aliphatic heterocycles. The van der Waals surface area contributed by atoms with Crippen LogP contribution in [0, 0.1) is 34.5 Å². The summed E-state index contributed by atoms with van der Waals surface area (Å²) in [7, 11) is 0. The predicted molar refractivity (Wildman–Crippen MR) is 159 cm³/mol. The van der Waals surface area contributed by atoms with Crippen molar-refractivity contribution in [3.8, 4) is 0 Å². The molecule has 1 N–H and O–H groups in total. The number of rotatable bonds is 18. The average molecular weight is 578 g/mol. The van der Waals surface area contributed by atoms with Gasteiger partial charge in [-0.15, -0.1) is 0 Å². The Balaban J connectivity index is 1.70. The lowest BCUT2D eigenvalue weighted by Crippen LogP contribution is -2.54. The van der Waals surface area contributed by atoms with Gasteiger partial charge in [0.1, 0.15) is 5.78 Å². The molecule has 9 nitrogen and oxygen atoms in total. The maximum absolute atomic E-state index is 12.9. The highest BCUT2D eigenvalue weighted by Crippen LogP contribution is 2.33. The van der Waals surface area contributed by atoms with Gasteiger partial charge in [-0.05, 0) is 24.2 Å². The minimum atomic E-state index is -0.358. The summed E-state index contributed by atoms with van der Waals surface area (Å²) < 4.78 is 5.99. The minimum Gasteiger partial charge on any atom is -0.380 e. The second-order valence-electron chi connectivity index (χ2n) is 14.1. The zero-order chi connectivity index (χ0) is 31.0. The van der Waals surface area contributed by atoms with Crippen LogP contribution < -0.4 is 5.32 Å². The van der Waals surface area contributed by atoms with Crippen molar-refractivity contribution < 1.29 is 28.7 Å². The summed E-state index contributed by atoms with van der Waals surface area (Å²) in [5.41, 5.74) is -0.695. The summed E-state index contributed by atoms with van der Waals surface area (Å²) >= 11 is 0. The normalized spacial score (nSPS) is 18.4. The van der Waals surface area contributed by atoms with Crippen LogP contribution in [0.2, 0.25) is 0 Å². The van der Waals surface area contributed by atoms with E-state index < -0.39 is 0 Å². The number of hydrogen-bond acceptors (Lipinski definition) is 6. The summed E-state index contributed by atoms with van der Waals surface area (Å²) in [5, 5.41) is 2.93. The Morgan fingerprint density at radius 1 is 0.976 bits per heavy atom. The molecular weight excluding hydrogens is 522 g/mol. The summed E-state index contributed by atoms with van der Waals surface area (Å²) in [6.07, 6.45) is 4.54. The Hall–Kier alpha value is -2.29. The number of amides is 4. The summed E-state index contributed by atoms with van der Waals surface area (Å²) in [6, 6.07) is 0. The number of ether oxygens (including phenoxy) is 1. The lowest BCUT2D eigenvalue weighted by Gasteiger charge is -2.40. The number of nitrogens with one attached hydrogen (secondary N) is 1. The first-order valence-corrected chi connectivity index (χ1v) is 15.6. The van der Waals surface area contributed by atoms with Crippen LogP contribution in [-0.4, -0.2) is 78.6 Å². The number of ketones is 1. The van der Waals surface area contributed by atoms with Crippen LogP contribution >= 0.6 is 0 Å². The summed E-state index contributed by atoms with van der Waals surface area (Å²) in [4.78, 5) is 65.9. The molecule has 0 radical (unpaired) electrons. The molecule has 1 unspecified atom stereocenters. The SMILES string of the molecule is CCCC(CCC)C1CC(=O)N(CCC(=O)NCC(C)(C)COCC(C)(C)CC(=O)N2CC(C(=O)C(C)C)C2)C1=O. The zero-order valence-electron chi connectivity index (χ0n) is 26.8. The molecule has 0 aromatic rings. The fourth-order valence-electron chi connectivity index (χ4n) is 5.80. The van der Waals surface area contributed by atoms with E-state index in [1.807, 2.05) is 41.5 Å². The van der Waals surface area contributed by atoms with E-state index in [0.29, 0.717) is 39.3 Å². The van der Waals surface area contributed by atoms with E-state index >= 15 is 0 Å². The first-order valence-electron chi connectivity index (χ1n) is 15.6. The second kappa shape index (κ2) is 15.3. The Labute approximate surface area is 247 Å². The highest BCUT2D eigenvalue weighted by atomic mass is 16.5. The summed E-state index contributed by atoms with van der Waals surface area (Å²) in [5.74, 6) is -0.283. The van der Waals surface area contributed by atoms with Gasteiger partial charge in [-0.1, -0.05) is 68.2 Å². The third-order valence-corrected chi connectivity index (χ3v) is 8.31. The lowest BCUT2D eigenvalue weighted by molar-refractivity contribution is -0.146. The van der Waals surface area contributed by atoms with Crippen molar-refractivity contribution >= 4 is 29.4 Å². The highest BCUT2D eigenvalue weighted by Gasteiger charge is 2.42. The molecule has 9 heteroatoms. The minimum absolute atomic E-state index is 0.00441. The standard InChI is InChI=1S/C32H55N3O6/c1-9-11-23(12-10-2)25-15-27(37)35(30(25)40)14-13-26(36)33-19-32(7,8)21-41-20-31(5,6)16-28(38)34-17-24(18-34)29(39)22(3)4/h22-25H,9-21H2,1-8H3,(H,33,36). The number of hydrogen-bond donors (Lipinski definition) is 1. The molecule has 2 heterocycles. The van der Waals surface area contributed by atoms with E-state index in [1.54, 1.807) is 4.90 Å². The van der Waals surface area contributed by atoms with E-state index in [4.69, 9.17) is 4.74 Å². The van der Waals surface area contributed by atoms with E-state index in [9.17, 15) is 24.0 Å². The fourth-order valence-corrected chi connectivity index (χ4v) is 5.80. The molecule has 0 aliphatic carbocycles. The van der Waals surface area contributed by atoms with Gasteiger partial charge in [-0.3, -0.25) is 28.9 Å². The second-order valence-corrected chi connectivity index (χ2v) is 14.1. The largest absolute Gasteiger partial charge is 0.380 e. The number of Topliss-reactive ketones (excluding diaryl/α,β-unsaturated/α-hetero) is 1. The molecule has 4 amide bonds. The van der Waals surface area contributed by atoms with Crippen LogP contribution in [0.25, 0.3) is 0 Å². The number of carbonyl (C=O) groups is 5. The van der Waals surface area contributed by atoms with Gasteiger partial charge in [-0.2, -0.15) is 0 Å².